The average molecular weight is 199 g/mol. The Morgan fingerprint density at radius 2 is 1.93 bits per heavy atom. The second-order valence-electron chi connectivity index (χ2n) is 3.24. The standard InChI is InChI=1S/C10H17NO3/c1-4-8(2)5-11(6-9(3)12)7-10(13)14/h4,12H,3,5-7H2,1-2H3,(H,13,14)/b8-4+. The van der Waals surface area contributed by atoms with Crippen molar-refractivity contribution in [1.82, 2.24) is 4.90 Å². The van der Waals surface area contributed by atoms with Crippen molar-refractivity contribution >= 4 is 5.97 Å². The van der Waals surface area contributed by atoms with E-state index in [1.165, 1.54) is 0 Å². The van der Waals surface area contributed by atoms with Gasteiger partial charge in [-0.05, 0) is 13.8 Å². The van der Waals surface area contributed by atoms with Crippen LogP contribution in [-0.4, -0.2) is 40.7 Å². The van der Waals surface area contributed by atoms with E-state index >= 15 is 0 Å². The summed E-state index contributed by atoms with van der Waals surface area (Å²) in [6, 6.07) is 0. The molecule has 80 valence electrons. The van der Waals surface area contributed by atoms with Crippen molar-refractivity contribution in [3.05, 3.63) is 24.0 Å². The van der Waals surface area contributed by atoms with Gasteiger partial charge in [0.25, 0.3) is 0 Å². The Balaban J connectivity index is 4.24. The maximum atomic E-state index is 10.5. The van der Waals surface area contributed by atoms with Gasteiger partial charge in [-0.2, -0.15) is 0 Å². The molecule has 0 fully saturated rings. The molecule has 0 heterocycles. The first kappa shape index (κ1) is 12.7. The predicted molar refractivity (Wildman–Crippen MR) is 55.3 cm³/mol. The molecule has 0 aliphatic rings. The Morgan fingerprint density at radius 3 is 2.29 bits per heavy atom. The molecule has 0 spiro atoms. The molecule has 0 saturated carbocycles. The summed E-state index contributed by atoms with van der Waals surface area (Å²) in [5, 5.41) is 17.6. The van der Waals surface area contributed by atoms with Crippen molar-refractivity contribution in [1.29, 1.82) is 0 Å². The van der Waals surface area contributed by atoms with E-state index in [0.717, 1.165) is 5.57 Å². The summed E-state index contributed by atoms with van der Waals surface area (Å²) >= 11 is 0. The summed E-state index contributed by atoms with van der Waals surface area (Å²) in [6.07, 6.45) is 1.91. The van der Waals surface area contributed by atoms with Crippen LogP contribution in [0.25, 0.3) is 0 Å². The molecule has 4 heteroatoms. The smallest absolute Gasteiger partial charge is 0.317 e. The zero-order chi connectivity index (χ0) is 11.1. The van der Waals surface area contributed by atoms with Crippen LogP contribution in [0.2, 0.25) is 0 Å². The van der Waals surface area contributed by atoms with E-state index in [2.05, 4.69) is 6.58 Å². The van der Waals surface area contributed by atoms with Gasteiger partial charge in [0.2, 0.25) is 0 Å². The van der Waals surface area contributed by atoms with Gasteiger partial charge in [-0.1, -0.05) is 18.2 Å². The molecule has 0 saturated heterocycles. The maximum Gasteiger partial charge on any atom is 0.317 e. The van der Waals surface area contributed by atoms with Gasteiger partial charge in [-0.15, -0.1) is 0 Å². The third-order valence-corrected chi connectivity index (χ3v) is 1.73. The predicted octanol–water partition coefficient (Wildman–Crippen LogP) is 1.41. The van der Waals surface area contributed by atoms with E-state index in [9.17, 15) is 4.79 Å². The van der Waals surface area contributed by atoms with E-state index in [1.54, 1.807) is 4.90 Å². The molecule has 14 heavy (non-hydrogen) atoms. The topological polar surface area (TPSA) is 60.8 Å². The first-order valence-electron chi connectivity index (χ1n) is 4.38. The number of aliphatic carboxylic acids is 1. The molecule has 0 unspecified atom stereocenters. The van der Waals surface area contributed by atoms with E-state index in [1.807, 2.05) is 19.9 Å². The Labute approximate surface area is 84.2 Å². The molecule has 4 nitrogen and oxygen atoms in total. The fourth-order valence-corrected chi connectivity index (χ4v) is 1.06. The van der Waals surface area contributed by atoms with Crippen LogP contribution in [0.4, 0.5) is 0 Å². The fourth-order valence-electron chi connectivity index (χ4n) is 1.06. The zero-order valence-corrected chi connectivity index (χ0v) is 8.66. The largest absolute Gasteiger partial charge is 0.512 e. The number of nitrogens with zero attached hydrogens (tertiary/aromatic N) is 1. The summed E-state index contributed by atoms with van der Waals surface area (Å²) in [5.74, 6) is -0.926. The number of carbonyl (C=O) groups is 1. The van der Waals surface area contributed by atoms with Crippen LogP contribution >= 0.6 is 0 Å². The maximum absolute atomic E-state index is 10.5. The summed E-state index contributed by atoms with van der Waals surface area (Å²) in [7, 11) is 0. The van der Waals surface area contributed by atoms with Gasteiger partial charge in [0, 0.05) is 6.54 Å². The minimum atomic E-state index is -0.907. The lowest BCUT2D eigenvalue weighted by Gasteiger charge is -2.19. The molecule has 0 rings (SSSR count). The van der Waals surface area contributed by atoms with Gasteiger partial charge in [-0.25, -0.2) is 0 Å². The monoisotopic (exact) mass is 199 g/mol. The second-order valence-corrected chi connectivity index (χ2v) is 3.24. The number of carboxylic acids is 1. The van der Waals surface area contributed by atoms with Crippen molar-refractivity contribution in [3.63, 3.8) is 0 Å². The Kier molecular flexibility index (Phi) is 5.64. The lowest BCUT2D eigenvalue weighted by atomic mass is 10.2. The van der Waals surface area contributed by atoms with E-state index in [4.69, 9.17) is 10.2 Å². The van der Waals surface area contributed by atoms with Gasteiger partial charge in [0.1, 0.15) is 0 Å². The molecule has 0 radical (unpaired) electrons. The Hall–Kier alpha value is -1.29. The number of hydrogen-bond donors (Lipinski definition) is 2. The summed E-state index contributed by atoms with van der Waals surface area (Å²) in [4.78, 5) is 12.1. The number of aliphatic hydroxyl groups is 1. The lowest BCUT2D eigenvalue weighted by Crippen LogP contribution is -2.32. The van der Waals surface area contributed by atoms with E-state index in [-0.39, 0.29) is 18.8 Å². The lowest BCUT2D eigenvalue weighted by molar-refractivity contribution is -0.138. The summed E-state index contributed by atoms with van der Waals surface area (Å²) < 4.78 is 0. The molecule has 0 aromatic rings. The van der Waals surface area contributed by atoms with Crippen molar-refractivity contribution in [3.8, 4) is 0 Å². The number of aliphatic hydroxyl groups excluding tert-OH is 1. The van der Waals surface area contributed by atoms with Gasteiger partial charge in [0.15, 0.2) is 0 Å². The van der Waals surface area contributed by atoms with Gasteiger partial charge in [-0.3, -0.25) is 9.69 Å². The van der Waals surface area contributed by atoms with Crippen LogP contribution in [0.5, 0.6) is 0 Å². The molecule has 0 amide bonds. The SMILES string of the molecule is C=C(O)CN(CC(=O)O)C/C(C)=C/C. The minimum absolute atomic E-state index is 0.0184. The first-order valence-corrected chi connectivity index (χ1v) is 4.38. The van der Waals surface area contributed by atoms with Gasteiger partial charge >= 0.3 is 5.97 Å². The number of hydrogen-bond acceptors (Lipinski definition) is 3. The highest BCUT2D eigenvalue weighted by Gasteiger charge is 2.10. The highest BCUT2D eigenvalue weighted by atomic mass is 16.4. The summed E-state index contributed by atoms with van der Waals surface area (Å²) in [5.41, 5.74) is 1.06. The highest BCUT2D eigenvalue weighted by molar-refractivity contribution is 5.69. The third kappa shape index (κ3) is 6.25. The van der Waals surface area contributed by atoms with Crippen LogP contribution in [0.3, 0.4) is 0 Å². The van der Waals surface area contributed by atoms with Crippen LogP contribution < -0.4 is 0 Å². The molecule has 0 aromatic carbocycles. The number of carboxylic acid groups (broad SMARTS) is 1. The molecule has 0 aliphatic carbocycles. The molecule has 2 N–H and O–H groups in total. The van der Waals surface area contributed by atoms with Crippen LogP contribution in [0.1, 0.15) is 13.8 Å². The van der Waals surface area contributed by atoms with Crippen molar-refractivity contribution in [2.75, 3.05) is 19.6 Å². The molecular formula is C10H17NO3. The normalized spacial score (nSPS) is 11.8. The average Bonchev–Trinajstić information content (AvgIpc) is 2.01. The van der Waals surface area contributed by atoms with Crippen LogP contribution in [-0.2, 0) is 4.79 Å². The number of rotatable bonds is 6. The second kappa shape index (κ2) is 6.21. The van der Waals surface area contributed by atoms with E-state index < -0.39 is 5.97 Å². The first-order chi connectivity index (χ1) is 6.45. The Bertz CT molecular complexity index is 230. The molecular weight excluding hydrogens is 182 g/mol. The van der Waals surface area contributed by atoms with E-state index in [0.29, 0.717) is 6.54 Å². The van der Waals surface area contributed by atoms with Crippen LogP contribution in [0, 0.1) is 0 Å². The molecule has 0 aromatic heterocycles. The zero-order valence-electron chi connectivity index (χ0n) is 8.66. The van der Waals surface area contributed by atoms with Crippen molar-refractivity contribution in [2.45, 2.75) is 13.8 Å². The molecule has 0 bridgehead atoms. The Morgan fingerprint density at radius 1 is 1.36 bits per heavy atom. The number of allylic oxidation sites excluding steroid dienone is 1. The molecule has 0 aliphatic heterocycles. The fraction of sp³-hybridized carbons (Fsp3) is 0.500. The van der Waals surface area contributed by atoms with Crippen molar-refractivity contribution < 1.29 is 15.0 Å². The quantitative estimate of drug-likeness (QED) is 0.501. The summed E-state index contributed by atoms with van der Waals surface area (Å²) in [6.45, 7) is 7.77. The minimum Gasteiger partial charge on any atom is -0.512 e. The highest BCUT2D eigenvalue weighted by Crippen LogP contribution is 2.00. The third-order valence-electron chi connectivity index (χ3n) is 1.73. The van der Waals surface area contributed by atoms with Gasteiger partial charge < -0.3 is 10.2 Å². The van der Waals surface area contributed by atoms with Crippen molar-refractivity contribution in [2.24, 2.45) is 0 Å². The van der Waals surface area contributed by atoms with Gasteiger partial charge in [0.05, 0.1) is 18.8 Å². The molecule has 0 atom stereocenters. The van der Waals surface area contributed by atoms with Crippen LogP contribution in [0.15, 0.2) is 24.0 Å².